The molecule has 0 spiro atoms. The van der Waals surface area contributed by atoms with E-state index in [1.54, 1.807) is 7.11 Å². The van der Waals surface area contributed by atoms with Gasteiger partial charge in [0.25, 0.3) is 0 Å². The van der Waals surface area contributed by atoms with Crippen molar-refractivity contribution in [2.45, 2.75) is 39.0 Å². The molecule has 3 N–H and O–H groups in total. The van der Waals surface area contributed by atoms with E-state index in [0.717, 1.165) is 12.0 Å². The Morgan fingerprint density at radius 3 is 2.41 bits per heavy atom. The zero-order valence-electron chi connectivity index (χ0n) is 11.2. The first-order valence-corrected chi connectivity index (χ1v) is 6.12. The Kier molecular flexibility index (Phi) is 4.82. The summed E-state index contributed by atoms with van der Waals surface area (Å²) in [6, 6.07) is 3.96. The first-order valence-electron chi connectivity index (χ1n) is 6.12. The van der Waals surface area contributed by atoms with Crippen LogP contribution < -0.4 is 10.5 Å². The fourth-order valence-corrected chi connectivity index (χ4v) is 1.92. The van der Waals surface area contributed by atoms with E-state index >= 15 is 0 Å². The summed E-state index contributed by atoms with van der Waals surface area (Å²) >= 11 is 0. The van der Waals surface area contributed by atoms with Crippen molar-refractivity contribution in [1.82, 2.24) is 0 Å². The van der Waals surface area contributed by atoms with Gasteiger partial charge < -0.3 is 15.6 Å². The van der Waals surface area contributed by atoms with Crippen molar-refractivity contribution in [3.8, 4) is 11.5 Å². The molecule has 0 aliphatic carbocycles. The standard InChI is InChI=1S/C14H23NO2/c1-9(2)11-7-12(10(3)5-6-15)14(16)13(8-11)17-4/h7-10,16H,5-6,15H2,1-4H3. The first kappa shape index (κ1) is 13.8. The van der Waals surface area contributed by atoms with Crippen LogP contribution in [-0.2, 0) is 0 Å². The van der Waals surface area contributed by atoms with Gasteiger partial charge in [-0.15, -0.1) is 0 Å². The normalized spacial score (nSPS) is 12.8. The first-order chi connectivity index (χ1) is 8.01. The zero-order valence-corrected chi connectivity index (χ0v) is 11.2. The fraction of sp³-hybridized carbons (Fsp3) is 0.571. The average molecular weight is 237 g/mol. The number of phenolic OH excluding ortho intramolecular Hbond substituents is 1. The topological polar surface area (TPSA) is 55.5 Å². The quantitative estimate of drug-likeness (QED) is 0.827. The third-order valence-corrected chi connectivity index (χ3v) is 3.14. The third kappa shape index (κ3) is 3.13. The predicted molar refractivity (Wildman–Crippen MR) is 70.8 cm³/mol. The number of aromatic hydroxyl groups is 1. The van der Waals surface area contributed by atoms with Crippen LogP contribution in [0.25, 0.3) is 0 Å². The molecule has 1 atom stereocenters. The van der Waals surface area contributed by atoms with Crippen molar-refractivity contribution in [1.29, 1.82) is 0 Å². The van der Waals surface area contributed by atoms with Gasteiger partial charge in [-0.25, -0.2) is 0 Å². The summed E-state index contributed by atoms with van der Waals surface area (Å²) in [5.41, 5.74) is 7.68. The second-order valence-corrected chi connectivity index (χ2v) is 4.79. The number of nitrogens with two attached hydrogens (primary N) is 1. The molecule has 96 valence electrons. The van der Waals surface area contributed by atoms with Gasteiger partial charge in [0.2, 0.25) is 0 Å². The Morgan fingerprint density at radius 2 is 1.94 bits per heavy atom. The van der Waals surface area contributed by atoms with Crippen LogP contribution in [0.1, 0.15) is 50.2 Å². The molecular formula is C14H23NO2. The van der Waals surface area contributed by atoms with Gasteiger partial charge in [-0.05, 0) is 36.4 Å². The number of ether oxygens (including phenoxy) is 1. The molecule has 0 saturated heterocycles. The van der Waals surface area contributed by atoms with Crippen molar-refractivity contribution < 1.29 is 9.84 Å². The van der Waals surface area contributed by atoms with Gasteiger partial charge in [0.05, 0.1) is 7.11 Å². The van der Waals surface area contributed by atoms with Crippen molar-refractivity contribution >= 4 is 0 Å². The highest BCUT2D eigenvalue weighted by Gasteiger charge is 2.16. The van der Waals surface area contributed by atoms with Crippen LogP contribution in [0, 0.1) is 0 Å². The Morgan fingerprint density at radius 1 is 1.29 bits per heavy atom. The number of benzene rings is 1. The summed E-state index contributed by atoms with van der Waals surface area (Å²) < 4.78 is 5.22. The lowest BCUT2D eigenvalue weighted by molar-refractivity contribution is 0.367. The smallest absolute Gasteiger partial charge is 0.161 e. The molecule has 3 heteroatoms. The maximum atomic E-state index is 10.1. The van der Waals surface area contributed by atoms with Crippen LogP contribution >= 0.6 is 0 Å². The molecule has 0 heterocycles. The minimum atomic E-state index is 0.243. The van der Waals surface area contributed by atoms with Crippen molar-refractivity contribution in [3.05, 3.63) is 23.3 Å². The van der Waals surface area contributed by atoms with E-state index in [2.05, 4.69) is 26.8 Å². The Hall–Kier alpha value is -1.22. The van der Waals surface area contributed by atoms with Gasteiger partial charge in [0.1, 0.15) is 0 Å². The van der Waals surface area contributed by atoms with Crippen molar-refractivity contribution in [2.75, 3.05) is 13.7 Å². The molecule has 1 aromatic carbocycles. The number of phenols is 1. The lowest BCUT2D eigenvalue weighted by atomic mass is 9.91. The van der Waals surface area contributed by atoms with Gasteiger partial charge in [-0.2, -0.15) is 0 Å². The maximum absolute atomic E-state index is 10.1. The molecule has 1 aromatic rings. The molecule has 3 nitrogen and oxygen atoms in total. The lowest BCUT2D eigenvalue weighted by Crippen LogP contribution is -2.06. The highest BCUT2D eigenvalue weighted by Crippen LogP contribution is 2.38. The molecule has 1 rings (SSSR count). The summed E-state index contributed by atoms with van der Waals surface area (Å²) in [4.78, 5) is 0. The molecule has 17 heavy (non-hydrogen) atoms. The molecule has 0 aliphatic rings. The molecule has 0 aromatic heterocycles. The highest BCUT2D eigenvalue weighted by atomic mass is 16.5. The number of methoxy groups -OCH3 is 1. The SMILES string of the molecule is COc1cc(C(C)C)cc(C(C)CCN)c1O. The van der Waals surface area contributed by atoms with Crippen LogP contribution in [0.4, 0.5) is 0 Å². The average Bonchev–Trinajstić information content (AvgIpc) is 2.29. The number of hydrogen-bond donors (Lipinski definition) is 2. The fourth-order valence-electron chi connectivity index (χ4n) is 1.92. The molecular weight excluding hydrogens is 214 g/mol. The van der Waals surface area contributed by atoms with Gasteiger partial charge in [0, 0.05) is 5.56 Å². The molecule has 0 fully saturated rings. The van der Waals surface area contributed by atoms with E-state index in [4.69, 9.17) is 10.5 Å². The highest BCUT2D eigenvalue weighted by molar-refractivity contribution is 5.50. The Labute approximate surface area is 104 Å². The molecule has 0 saturated carbocycles. The van der Waals surface area contributed by atoms with E-state index in [1.165, 1.54) is 5.56 Å². The molecule has 0 radical (unpaired) electrons. The van der Waals surface area contributed by atoms with Gasteiger partial charge >= 0.3 is 0 Å². The van der Waals surface area contributed by atoms with Crippen molar-refractivity contribution in [3.63, 3.8) is 0 Å². The minimum absolute atomic E-state index is 0.243. The lowest BCUT2D eigenvalue weighted by Gasteiger charge is -2.18. The van der Waals surface area contributed by atoms with Crippen LogP contribution in [0.2, 0.25) is 0 Å². The Bertz CT molecular complexity index is 375. The van der Waals surface area contributed by atoms with Gasteiger partial charge in [0.15, 0.2) is 11.5 Å². The maximum Gasteiger partial charge on any atom is 0.161 e. The zero-order chi connectivity index (χ0) is 13.0. The summed E-state index contributed by atoms with van der Waals surface area (Å²) in [7, 11) is 1.58. The molecule has 0 aliphatic heterocycles. The van der Waals surface area contributed by atoms with E-state index in [0.29, 0.717) is 18.2 Å². The summed E-state index contributed by atoms with van der Waals surface area (Å²) in [5, 5.41) is 10.1. The van der Waals surface area contributed by atoms with E-state index in [1.807, 2.05) is 6.07 Å². The van der Waals surface area contributed by atoms with E-state index in [-0.39, 0.29) is 11.7 Å². The summed E-state index contributed by atoms with van der Waals surface area (Å²) in [5.74, 6) is 1.45. The van der Waals surface area contributed by atoms with Gasteiger partial charge in [-0.3, -0.25) is 0 Å². The summed E-state index contributed by atoms with van der Waals surface area (Å²) in [6.07, 6.45) is 0.859. The van der Waals surface area contributed by atoms with Gasteiger partial charge in [-0.1, -0.05) is 26.8 Å². The molecule has 0 bridgehead atoms. The minimum Gasteiger partial charge on any atom is -0.504 e. The van der Waals surface area contributed by atoms with Crippen molar-refractivity contribution in [2.24, 2.45) is 5.73 Å². The van der Waals surface area contributed by atoms with Crippen LogP contribution in [0.5, 0.6) is 11.5 Å². The van der Waals surface area contributed by atoms with Crippen LogP contribution in [-0.4, -0.2) is 18.8 Å². The monoisotopic (exact) mass is 237 g/mol. The van der Waals surface area contributed by atoms with E-state index in [9.17, 15) is 5.11 Å². The predicted octanol–water partition coefficient (Wildman–Crippen LogP) is 2.98. The summed E-state index contributed by atoms with van der Waals surface area (Å²) in [6.45, 7) is 6.95. The Balaban J connectivity index is 3.22. The molecule has 1 unspecified atom stereocenters. The molecule has 0 amide bonds. The second-order valence-electron chi connectivity index (χ2n) is 4.79. The second kappa shape index (κ2) is 5.92. The third-order valence-electron chi connectivity index (χ3n) is 3.14. The largest absolute Gasteiger partial charge is 0.504 e. The number of hydrogen-bond acceptors (Lipinski definition) is 3. The van der Waals surface area contributed by atoms with Crippen LogP contribution in [0.3, 0.4) is 0 Å². The van der Waals surface area contributed by atoms with Crippen LogP contribution in [0.15, 0.2) is 12.1 Å². The number of rotatable bonds is 5. The van der Waals surface area contributed by atoms with E-state index < -0.39 is 0 Å².